The Balaban J connectivity index is 1.39. The third kappa shape index (κ3) is 1.86. The van der Waals surface area contributed by atoms with Crippen LogP contribution in [0.15, 0.2) is 64.4 Å². The largest absolute Gasteiger partial charge is 0.144 e. The molecule has 3 aliphatic carbocycles. The van der Waals surface area contributed by atoms with E-state index < -0.39 is 0 Å². The molecule has 0 bridgehead atoms. The van der Waals surface area contributed by atoms with Gasteiger partial charge >= 0.3 is 0 Å². The van der Waals surface area contributed by atoms with Crippen LogP contribution in [0.25, 0.3) is 26.8 Å². The molecule has 0 amide bonds. The molecule has 7 rings (SSSR count). The molecule has 4 aliphatic rings. The average molecular weight is 383 g/mol. The van der Waals surface area contributed by atoms with Crippen molar-refractivity contribution in [2.75, 3.05) is 0 Å². The van der Waals surface area contributed by atoms with Crippen LogP contribution in [0.4, 0.5) is 0 Å². The number of hydrogen-bond acceptors (Lipinski definition) is 2. The van der Waals surface area contributed by atoms with Crippen molar-refractivity contribution in [3.63, 3.8) is 0 Å². The fourth-order valence-electron chi connectivity index (χ4n) is 5.46. The molecule has 3 aromatic rings. The van der Waals surface area contributed by atoms with Gasteiger partial charge in [0.15, 0.2) is 0 Å². The Kier molecular flexibility index (Phi) is 2.70. The van der Waals surface area contributed by atoms with Crippen molar-refractivity contribution in [3.05, 3.63) is 86.7 Å². The molecule has 2 heterocycles. The maximum absolute atomic E-state index is 2.49. The normalized spacial score (nSPS) is 24.0. The highest BCUT2D eigenvalue weighted by atomic mass is 32.2. The third-order valence-corrected chi connectivity index (χ3v) is 8.93. The first kappa shape index (κ1) is 15.0. The molecule has 130 valence electrons. The van der Waals surface area contributed by atoms with Gasteiger partial charge in [-0.3, -0.25) is 0 Å². The maximum Gasteiger partial charge on any atom is 0.0462 e. The van der Waals surface area contributed by atoms with Crippen LogP contribution in [-0.4, -0.2) is 4.75 Å². The molecule has 0 spiro atoms. The summed E-state index contributed by atoms with van der Waals surface area (Å²) in [6.07, 6.45) is 8.20. The zero-order valence-electron chi connectivity index (χ0n) is 15.1. The molecule has 0 N–H and O–H groups in total. The second kappa shape index (κ2) is 4.87. The van der Waals surface area contributed by atoms with Gasteiger partial charge in [-0.25, -0.2) is 0 Å². The summed E-state index contributed by atoms with van der Waals surface area (Å²) in [5, 5.41) is 5.88. The Bertz CT molecular complexity index is 1280. The standard InChI is InChI=1S/C25H18S2/c1-25-13-23-16(9-17(25)5-7-27-25)11-22-19(23)3-2-18-20-12-24-14(4-6-26-24)8-15(20)10-21(18)22/h2-9,12H,10-11,13H2,1H3. The van der Waals surface area contributed by atoms with E-state index in [-0.39, 0.29) is 4.75 Å². The Labute approximate surface area is 167 Å². The number of allylic oxidation sites excluding steroid dienone is 4. The minimum Gasteiger partial charge on any atom is -0.144 e. The van der Waals surface area contributed by atoms with Gasteiger partial charge in [0.05, 0.1) is 0 Å². The molecule has 0 nitrogen and oxygen atoms in total. The van der Waals surface area contributed by atoms with Crippen molar-refractivity contribution in [3.8, 4) is 11.1 Å². The second-order valence-corrected chi connectivity index (χ2v) is 10.7. The monoisotopic (exact) mass is 382 g/mol. The van der Waals surface area contributed by atoms with Gasteiger partial charge in [-0.2, -0.15) is 0 Å². The van der Waals surface area contributed by atoms with Gasteiger partial charge in [0.2, 0.25) is 0 Å². The summed E-state index contributed by atoms with van der Waals surface area (Å²) >= 11 is 3.84. The van der Waals surface area contributed by atoms with Crippen LogP contribution >= 0.6 is 23.1 Å². The summed E-state index contributed by atoms with van der Waals surface area (Å²) in [5.41, 5.74) is 13.9. The van der Waals surface area contributed by atoms with Crippen molar-refractivity contribution >= 4 is 38.8 Å². The van der Waals surface area contributed by atoms with Gasteiger partial charge in [-0.15, -0.1) is 23.1 Å². The SMILES string of the molecule is CC12CC3=C(C=C1C=CS2)Cc1c3ccc2c1Cc1cc3ccsc3cc1-2. The Hall–Kier alpha value is -2.03. The van der Waals surface area contributed by atoms with Gasteiger partial charge in [-0.1, -0.05) is 24.3 Å². The van der Waals surface area contributed by atoms with Crippen LogP contribution in [0, 0.1) is 0 Å². The summed E-state index contributed by atoms with van der Waals surface area (Å²) in [7, 11) is 0. The van der Waals surface area contributed by atoms with E-state index in [1.165, 1.54) is 44.3 Å². The highest BCUT2D eigenvalue weighted by molar-refractivity contribution is 8.04. The van der Waals surface area contributed by atoms with Crippen LogP contribution < -0.4 is 0 Å². The topological polar surface area (TPSA) is 0 Å². The van der Waals surface area contributed by atoms with Crippen LogP contribution in [0.5, 0.6) is 0 Å². The molecule has 27 heavy (non-hydrogen) atoms. The summed E-state index contributed by atoms with van der Waals surface area (Å²) in [4.78, 5) is 0. The van der Waals surface area contributed by atoms with Crippen LogP contribution in [-0.2, 0) is 12.8 Å². The molecule has 0 radical (unpaired) electrons. The van der Waals surface area contributed by atoms with E-state index in [1.807, 2.05) is 23.1 Å². The maximum atomic E-state index is 2.49. The zero-order valence-corrected chi connectivity index (χ0v) is 16.8. The molecule has 1 aliphatic heterocycles. The fourth-order valence-corrected chi connectivity index (χ4v) is 7.28. The van der Waals surface area contributed by atoms with Crippen molar-refractivity contribution in [2.45, 2.75) is 30.9 Å². The third-order valence-electron chi connectivity index (χ3n) is 6.88. The Morgan fingerprint density at radius 3 is 2.81 bits per heavy atom. The van der Waals surface area contributed by atoms with Crippen molar-refractivity contribution in [2.24, 2.45) is 0 Å². The number of thiophene rings is 1. The molecule has 2 aromatic carbocycles. The molecular formula is C25H18S2. The van der Waals surface area contributed by atoms with Gasteiger partial charge in [0.25, 0.3) is 0 Å². The van der Waals surface area contributed by atoms with Gasteiger partial charge in [-0.05, 0) is 111 Å². The zero-order chi connectivity index (χ0) is 17.8. The number of hydrogen-bond donors (Lipinski definition) is 0. The quantitative estimate of drug-likeness (QED) is 0.312. The lowest BCUT2D eigenvalue weighted by atomic mass is 9.83. The van der Waals surface area contributed by atoms with E-state index in [4.69, 9.17) is 0 Å². The highest BCUT2D eigenvalue weighted by Gasteiger charge is 2.39. The first-order valence-corrected chi connectivity index (χ1v) is 11.4. The van der Waals surface area contributed by atoms with E-state index in [0.29, 0.717) is 0 Å². The number of benzene rings is 2. The van der Waals surface area contributed by atoms with Gasteiger partial charge < -0.3 is 0 Å². The van der Waals surface area contributed by atoms with E-state index in [0.717, 1.165) is 12.8 Å². The molecule has 1 aromatic heterocycles. The van der Waals surface area contributed by atoms with Gasteiger partial charge in [0, 0.05) is 9.45 Å². The number of fused-ring (bicyclic) bond motifs is 8. The lowest BCUT2D eigenvalue weighted by molar-refractivity contribution is 0.782. The minimum atomic E-state index is 0.243. The molecule has 0 saturated carbocycles. The number of rotatable bonds is 0. The minimum absolute atomic E-state index is 0.243. The first-order chi connectivity index (χ1) is 13.2. The Morgan fingerprint density at radius 1 is 0.963 bits per heavy atom. The molecule has 0 saturated heterocycles. The van der Waals surface area contributed by atoms with Gasteiger partial charge in [0.1, 0.15) is 0 Å². The molecule has 2 heteroatoms. The van der Waals surface area contributed by atoms with E-state index in [2.05, 4.69) is 60.2 Å². The van der Waals surface area contributed by atoms with Crippen molar-refractivity contribution < 1.29 is 0 Å². The summed E-state index contributed by atoms with van der Waals surface area (Å²) in [5.74, 6) is 0. The lowest BCUT2D eigenvalue weighted by Gasteiger charge is -2.30. The average Bonchev–Trinajstić information content (AvgIpc) is 3.39. The van der Waals surface area contributed by atoms with Crippen LogP contribution in [0.2, 0.25) is 0 Å². The second-order valence-electron chi connectivity index (χ2n) is 8.37. The summed E-state index contributed by atoms with van der Waals surface area (Å²) in [6, 6.07) is 11.9. The molecule has 1 unspecified atom stereocenters. The summed E-state index contributed by atoms with van der Waals surface area (Å²) in [6.45, 7) is 2.40. The predicted molar refractivity (Wildman–Crippen MR) is 119 cm³/mol. The van der Waals surface area contributed by atoms with E-state index in [1.54, 1.807) is 22.3 Å². The molecule has 0 fully saturated rings. The molecular weight excluding hydrogens is 364 g/mol. The van der Waals surface area contributed by atoms with Crippen molar-refractivity contribution in [1.29, 1.82) is 0 Å². The summed E-state index contributed by atoms with van der Waals surface area (Å²) < 4.78 is 1.65. The van der Waals surface area contributed by atoms with Crippen LogP contribution in [0.3, 0.4) is 0 Å². The Morgan fingerprint density at radius 2 is 1.85 bits per heavy atom. The highest BCUT2D eigenvalue weighted by Crippen LogP contribution is 2.55. The van der Waals surface area contributed by atoms with Crippen LogP contribution in [0.1, 0.15) is 35.6 Å². The number of thioether (sulfide) groups is 1. The van der Waals surface area contributed by atoms with Crippen molar-refractivity contribution in [1.82, 2.24) is 0 Å². The van der Waals surface area contributed by atoms with E-state index in [9.17, 15) is 0 Å². The lowest BCUT2D eigenvalue weighted by Crippen LogP contribution is -2.22. The fraction of sp³-hybridized carbons (Fsp3) is 0.200. The van der Waals surface area contributed by atoms with E-state index >= 15 is 0 Å². The first-order valence-electron chi connectivity index (χ1n) is 9.64. The smallest absolute Gasteiger partial charge is 0.0462 e. The predicted octanol–water partition coefficient (Wildman–Crippen LogP) is 7.13. The molecule has 1 atom stereocenters.